The van der Waals surface area contributed by atoms with Crippen molar-refractivity contribution in [2.24, 2.45) is 0 Å². The fourth-order valence-corrected chi connectivity index (χ4v) is 4.15. The van der Waals surface area contributed by atoms with Crippen LogP contribution in [0, 0.1) is 0 Å². The van der Waals surface area contributed by atoms with Crippen LogP contribution in [0.3, 0.4) is 0 Å². The number of likely N-dealkylation sites (tertiary alicyclic amines) is 1. The molecule has 4 rings (SSSR count). The van der Waals surface area contributed by atoms with Crippen molar-refractivity contribution in [2.75, 3.05) is 31.1 Å². The molecule has 6 nitrogen and oxygen atoms in total. The average Bonchev–Trinajstić information content (AvgIpc) is 3.28. The summed E-state index contributed by atoms with van der Waals surface area (Å²) in [5.41, 5.74) is 2.34. The monoisotopic (exact) mass is 381 g/mol. The summed E-state index contributed by atoms with van der Waals surface area (Å²) in [5.74, 6) is 0.547. The number of piperidine rings is 1. The number of hydrogen-bond donors (Lipinski definition) is 1. The van der Waals surface area contributed by atoms with Crippen molar-refractivity contribution in [3.05, 3.63) is 54.0 Å². The van der Waals surface area contributed by atoms with Gasteiger partial charge in [0.05, 0.1) is 6.26 Å². The van der Waals surface area contributed by atoms with E-state index in [2.05, 4.69) is 11.4 Å². The van der Waals surface area contributed by atoms with Crippen molar-refractivity contribution < 1.29 is 14.0 Å². The number of amides is 2. The smallest absolute Gasteiger partial charge is 0.289 e. The number of furan rings is 1. The number of anilines is 1. The Morgan fingerprint density at radius 2 is 1.89 bits per heavy atom. The van der Waals surface area contributed by atoms with Crippen molar-refractivity contribution in [1.82, 2.24) is 10.2 Å². The first-order valence-electron chi connectivity index (χ1n) is 10.2. The first-order chi connectivity index (χ1) is 13.7. The zero-order chi connectivity index (χ0) is 19.3. The molecular formula is C22H27N3O3. The van der Waals surface area contributed by atoms with Gasteiger partial charge in [0.15, 0.2) is 5.76 Å². The molecule has 0 aliphatic carbocycles. The molecule has 2 aromatic rings. The quantitative estimate of drug-likeness (QED) is 0.865. The molecule has 3 heterocycles. The molecule has 2 aliphatic heterocycles. The van der Waals surface area contributed by atoms with Crippen molar-refractivity contribution in [3.8, 4) is 0 Å². The summed E-state index contributed by atoms with van der Waals surface area (Å²) in [5, 5.41) is 3.50. The molecule has 0 atom stereocenters. The van der Waals surface area contributed by atoms with Gasteiger partial charge >= 0.3 is 0 Å². The third-order valence-corrected chi connectivity index (χ3v) is 5.70. The molecule has 0 spiro atoms. The molecule has 1 N–H and O–H groups in total. The van der Waals surface area contributed by atoms with Crippen LogP contribution in [-0.2, 0) is 11.2 Å². The van der Waals surface area contributed by atoms with E-state index in [9.17, 15) is 9.59 Å². The molecule has 1 aromatic heterocycles. The Morgan fingerprint density at radius 1 is 1.07 bits per heavy atom. The van der Waals surface area contributed by atoms with Gasteiger partial charge in [-0.3, -0.25) is 9.59 Å². The van der Waals surface area contributed by atoms with E-state index in [-0.39, 0.29) is 11.8 Å². The van der Waals surface area contributed by atoms with Gasteiger partial charge in [-0.15, -0.1) is 0 Å². The minimum atomic E-state index is -0.0395. The van der Waals surface area contributed by atoms with Crippen LogP contribution in [0.1, 0.15) is 41.8 Å². The Balaban J connectivity index is 1.21. The second-order valence-corrected chi connectivity index (χ2v) is 7.53. The minimum Gasteiger partial charge on any atom is -0.459 e. The first-order valence-corrected chi connectivity index (χ1v) is 10.2. The number of nitrogens with zero attached hydrogens (tertiary/aromatic N) is 2. The van der Waals surface area contributed by atoms with E-state index in [1.54, 1.807) is 12.1 Å². The second kappa shape index (κ2) is 8.61. The van der Waals surface area contributed by atoms with Gasteiger partial charge in [0.1, 0.15) is 0 Å². The summed E-state index contributed by atoms with van der Waals surface area (Å²) >= 11 is 0. The van der Waals surface area contributed by atoms with Gasteiger partial charge in [0.2, 0.25) is 5.91 Å². The molecule has 28 heavy (non-hydrogen) atoms. The van der Waals surface area contributed by atoms with Gasteiger partial charge in [-0.2, -0.15) is 0 Å². The van der Waals surface area contributed by atoms with Crippen LogP contribution in [0.5, 0.6) is 0 Å². The standard InChI is InChI=1S/C22H27N3O3/c26-21(25-13-3-6-17-5-1-2-7-19(17)25)9-12-23-18-10-14-24(15-11-18)22(27)20-8-4-16-28-20/h1-2,4-5,7-8,16,18,23H,3,6,9-15H2. The molecule has 0 radical (unpaired) electrons. The molecule has 0 saturated carbocycles. The average molecular weight is 381 g/mol. The maximum Gasteiger partial charge on any atom is 0.289 e. The van der Waals surface area contributed by atoms with Gasteiger partial charge in [0, 0.05) is 44.3 Å². The third kappa shape index (κ3) is 4.12. The Morgan fingerprint density at radius 3 is 2.68 bits per heavy atom. The summed E-state index contributed by atoms with van der Waals surface area (Å²) in [6.07, 6.45) is 5.89. The number of carbonyl (C=O) groups excluding carboxylic acids is 2. The summed E-state index contributed by atoms with van der Waals surface area (Å²) < 4.78 is 5.20. The van der Waals surface area contributed by atoms with Gasteiger partial charge in [-0.05, 0) is 49.4 Å². The number of benzene rings is 1. The van der Waals surface area contributed by atoms with Gasteiger partial charge in [-0.25, -0.2) is 0 Å². The summed E-state index contributed by atoms with van der Waals surface area (Å²) in [6.45, 7) is 2.91. The van der Waals surface area contributed by atoms with Crippen LogP contribution in [0.15, 0.2) is 47.1 Å². The number of hydrogen-bond acceptors (Lipinski definition) is 4. The number of carbonyl (C=O) groups is 2. The normalized spacial score (nSPS) is 17.4. The van der Waals surface area contributed by atoms with E-state index in [0.29, 0.717) is 37.9 Å². The number of nitrogens with one attached hydrogen (secondary N) is 1. The second-order valence-electron chi connectivity index (χ2n) is 7.53. The third-order valence-electron chi connectivity index (χ3n) is 5.70. The Labute approximate surface area is 165 Å². The molecule has 1 fully saturated rings. The SMILES string of the molecule is O=C(c1ccco1)N1CCC(NCCC(=O)N2CCCc3ccccc32)CC1. The fraction of sp³-hybridized carbons (Fsp3) is 0.455. The Bertz CT molecular complexity index is 810. The summed E-state index contributed by atoms with van der Waals surface area (Å²) in [4.78, 5) is 28.8. The zero-order valence-electron chi connectivity index (χ0n) is 16.1. The number of fused-ring (bicyclic) bond motifs is 1. The molecule has 0 bridgehead atoms. The molecule has 148 valence electrons. The molecule has 1 aromatic carbocycles. The van der Waals surface area contributed by atoms with Crippen LogP contribution >= 0.6 is 0 Å². The molecular weight excluding hydrogens is 354 g/mol. The van der Waals surface area contributed by atoms with Crippen LogP contribution in [0.25, 0.3) is 0 Å². The lowest BCUT2D eigenvalue weighted by atomic mass is 10.0. The highest BCUT2D eigenvalue weighted by Gasteiger charge is 2.25. The van der Waals surface area contributed by atoms with E-state index in [1.807, 2.05) is 28.0 Å². The summed E-state index contributed by atoms with van der Waals surface area (Å²) in [6, 6.07) is 12.0. The number of rotatable bonds is 5. The summed E-state index contributed by atoms with van der Waals surface area (Å²) in [7, 11) is 0. The van der Waals surface area contributed by atoms with Crippen LogP contribution in [0.2, 0.25) is 0 Å². The van der Waals surface area contributed by atoms with E-state index >= 15 is 0 Å². The van der Waals surface area contributed by atoms with E-state index < -0.39 is 0 Å². The topological polar surface area (TPSA) is 65.8 Å². The largest absolute Gasteiger partial charge is 0.459 e. The van der Waals surface area contributed by atoms with Gasteiger partial charge < -0.3 is 19.5 Å². The van der Waals surface area contributed by atoms with E-state index in [4.69, 9.17) is 4.42 Å². The lowest BCUT2D eigenvalue weighted by Gasteiger charge is -2.32. The van der Waals surface area contributed by atoms with Crippen LogP contribution in [-0.4, -0.2) is 48.9 Å². The Hall–Kier alpha value is -2.60. The van der Waals surface area contributed by atoms with Crippen molar-refractivity contribution in [3.63, 3.8) is 0 Å². The zero-order valence-corrected chi connectivity index (χ0v) is 16.1. The molecule has 2 aliphatic rings. The highest BCUT2D eigenvalue weighted by atomic mass is 16.3. The minimum absolute atomic E-state index is 0.0395. The molecule has 6 heteroatoms. The van der Waals surface area contributed by atoms with E-state index in [1.165, 1.54) is 11.8 Å². The van der Waals surface area contributed by atoms with E-state index in [0.717, 1.165) is 37.9 Å². The maximum atomic E-state index is 12.7. The lowest BCUT2D eigenvalue weighted by molar-refractivity contribution is -0.118. The van der Waals surface area contributed by atoms with Crippen molar-refractivity contribution in [2.45, 2.75) is 38.1 Å². The van der Waals surface area contributed by atoms with Gasteiger partial charge in [0.25, 0.3) is 5.91 Å². The molecule has 0 unspecified atom stereocenters. The maximum absolute atomic E-state index is 12.7. The van der Waals surface area contributed by atoms with Crippen molar-refractivity contribution in [1.29, 1.82) is 0 Å². The highest BCUT2D eigenvalue weighted by molar-refractivity contribution is 5.94. The number of aryl methyl sites for hydroxylation is 1. The highest BCUT2D eigenvalue weighted by Crippen LogP contribution is 2.27. The van der Waals surface area contributed by atoms with Gasteiger partial charge in [-0.1, -0.05) is 18.2 Å². The van der Waals surface area contributed by atoms with Crippen LogP contribution < -0.4 is 10.2 Å². The predicted molar refractivity (Wildman–Crippen MR) is 107 cm³/mol. The predicted octanol–water partition coefficient (Wildman–Crippen LogP) is 2.84. The molecule has 1 saturated heterocycles. The first kappa shape index (κ1) is 18.7. The van der Waals surface area contributed by atoms with Crippen LogP contribution in [0.4, 0.5) is 5.69 Å². The Kier molecular flexibility index (Phi) is 5.76. The lowest BCUT2D eigenvalue weighted by Crippen LogP contribution is -2.45. The van der Waals surface area contributed by atoms with Crippen molar-refractivity contribution >= 4 is 17.5 Å². The number of para-hydroxylation sites is 1. The molecule has 2 amide bonds. The fourth-order valence-electron chi connectivity index (χ4n) is 4.15.